The van der Waals surface area contributed by atoms with Crippen LogP contribution in [0.1, 0.15) is 56.7 Å². The number of pyridine rings is 1. The lowest BCUT2D eigenvalue weighted by Gasteiger charge is -2.36. The molecule has 3 heteroatoms. The Balaban J connectivity index is 0.000000815. The van der Waals surface area contributed by atoms with Gasteiger partial charge >= 0.3 is 0 Å². The van der Waals surface area contributed by atoms with Gasteiger partial charge in [0.25, 0.3) is 0 Å². The van der Waals surface area contributed by atoms with E-state index < -0.39 is 0 Å². The van der Waals surface area contributed by atoms with Gasteiger partial charge in [0.05, 0.1) is 12.6 Å². The van der Waals surface area contributed by atoms with E-state index in [0.29, 0.717) is 5.92 Å². The molecule has 0 saturated carbocycles. The Morgan fingerprint density at radius 2 is 1.75 bits per heavy atom. The Morgan fingerprint density at radius 1 is 1.08 bits per heavy atom. The second kappa shape index (κ2) is 7.10. The number of aromatic nitrogens is 1. The highest BCUT2D eigenvalue weighted by atomic mass is 16.5. The summed E-state index contributed by atoms with van der Waals surface area (Å²) in [6, 6.07) is 10.3. The van der Waals surface area contributed by atoms with Crippen LogP contribution in [0, 0.1) is 6.92 Å². The molecule has 130 valence electrons. The number of hydrogen-bond acceptors (Lipinski definition) is 3. The molecule has 3 heterocycles. The van der Waals surface area contributed by atoms with Gasteiger partial charge in [-0.1, -0.05) is 19.9 Å². The quantitative estimate of drug-likeness (QED) is 0.783. The first-order chi connectivity index (χ1) is 11.7. The molecule has 4 rings (SSSR count). The van der Waals surface area contributed by atoms with Crippen molar-refractivity contribution in [3.8, 4) is 5.75 Å². The maximum absolute atomic E-state index is 5.57. The van der Waals surface area contributed by atoms with Gasteiger partial charge in [0.1, 0.15) is 5.75 Å². The Morgan fingerprint density at radius 3 is 2.38 bits per heavy atom. The van der Waals surface area contributed by atoms with Crippen LogP contribution >= 0.6 is 0 Å². The molecule has 0 amide bonds. The number of rotatable bonds is 2. The van der Waals surface area contributed by atoms with Crippen molar-refractivity contribution in [3.63, 3.8) is 0 Å². The number of fused-ring (bicyclic) bond motifs is 3. The number of aryl methyl sites for hydroxylation is 1. The van der Waals surface area contributed by atoms with Crippen molar-refractivity contribution in [2.45, 2.75) is 64.5 Å². The highest BCUT2D eigenvalue weighted by Crippen LogP contribution is 2.43. The van der Waals surface area contributed by atoms with Gasteiger partial charge in [-0.25, -0.2) is 0 Å². The lowest BCUT2D eigenvalue weighted by Crippen LogP contribution is -2.39. The molecule has 2 saturated heterocycles. The summed E-state index contributed by atoms with van der Waals surface area (Å²) in [7, 11) is 4.05. The molecule has 3 nitrogen and oxygen atoms in total. The van der Waals surface area contributed by atoms with Gasteiger partial charge in [-0.3, -0.25) is 4.98 Å². The number of hydrogen-bond donors (Lipinski definition) is 0. The normalized spacial score (nSPS) is 26.1. The van der Waals surface area contributed by atoms with Gasteiger partial charge in [-0.2, -0.15) is 0 Å². The second-order valence-corrected chi connectivity index (χ2v) is 6.96. The van der Waals surface area contributed by atoms with Crippen molar-refractivity contribution in [3.05, 3.63) is 35.5 Å². The zero-order valence-electron chi connectivity index (χ0n) is 15.7. The number of ether oxygens (including phenoxy) is 1. The Bertz CT molecular complexity index is 698. The van der Waals surface area contributed by atoms with E-state index in [9.17, 15) is 0 Å². The van der Waals surface area contributed by atoms with Crippen molar-refractivity contribution in [2.24, 2.45) is 0 Å². The summed E-state index contributed by atoms with van der Waals surface area (Å²) < 4.78 is 5.57. The highest BCUT2D eigenvalue weighted by molar-refractivity contribution is 5.86. The van der Waals surface area contributed by atoms with E-state index in [2.05, 4.69) is 35.1 Å². The van der Waals surface area contributed by atoms with Crippen LogP contribution in [-0.4, -0.2) is 36.1 Å². The van der Waals surface area contributed by atoms with Crippen LogP contribution in [0.25, 0.3) is 10.9 Å². The van der Waals surface area contributed by atoms with Crippen LogP contribution in [0.15, 0.2) is 24.3 Å². The maximum atomic E-state index is 5.57. The Hall–Kier alpha value is -1.61. The molecule has 2 fully saturated rings. The fourth-order valence-electron chi connectivity index (χ4n) is 4.44. The highest BCUT2D eigenvalue weighted by Gasteiger charge is 2.38. The smallest absolute Gasteiger partial charge is 0.130 e. The first-order valence-corrected chi connectivity index (χ1v) is 9.33. The third kappa shape index (κ3) is 3.02. The summed E-state index contributed by atoms with van der Waals surface area (Å²) in [5.41, 5.74) is 3.51. The number of nitrogens with zero attached hydrogens (tertiary/aromatic N) is 2. The fourth-order valence-corrected chi connectivity index (χ4v) is 4.44. The largest absolute Gasteiger partial charge is 0.496 e. The number of piperidine rings is 1. The lowest BCUT2D eigenvalue weighted by molar-refractivity contribution is 0.162. The SMILES string of the molecule is CC.COc1cc(C)nc2ccc(C3C[C@H]4CC[C@@H](C3)N4C)cc12. The molecule has 1 aromatic carbocycles. The minimum absolute atomic E-state index is 0.684. The van der Waals surface area contributed by atoms with Crippen molar-refractivity contribution >= 4 is 10.9 Å². The average molecular weight is 326 g/mol. The lowest BCUT2D eigenvalue weighted by atomic mass is 9.85. The van der Waals surface area contributed by atoms with E-state index in [1.165, 1.54) is 31.2 Å². The predicted octanol–water partition coefficient (Wildman–Crippen LogP) is 4.92. The molecule has 0 aliphatic carbocycles. The molecule has 2 bridgehead atoms. The number of methoxy groups -OCH3 is 1. The van der Waals surface area contributed by atoms with E-state index in [1.54, 1.807) is 7.11 Å². The van der Waals surface area contributed by atoms with Gasteiger partial charge in [-0.15, -0.1) is 0 Å². The van der Waals surface area contributed by atoms with Crippen molar-refractivity contribution in [1.82, 2.24) is 9.88 Å². The van der Waals surface area contributed by atoms with E-state index in [0.717, 1.165) is 34.4 Å². The minimum Gasteiger partial charge on any atom is -0.496 e. The molecule has 0 spiro atoms. The molecular formula is C21H30N2O. The van der Waals surface area contributed by atoms with Crippen LogP contribution < -0.4 is 4.74 Å². The monoisotopic (exact) mass is 326 g/mol. The first-order valence-electron chi connectivity index (χ1n) is 9.33. The van der Waals surface area contributed by atoms with Gasteiger partial charge < -0.3 is 9.64 Å². The zero-order valence-corrected chi connectivity index (χ0v) is 15.7. The number of benzene rings is 1. The average Bonchev–Trinajstić information content (AvgIpc) is 2.83. The molecule has 1 unspecified atom stereocenters. The van der Waals surface area contributed by atoms with Gasteiger partial charge in [0.2, 0.25) is 0 Å². The summed E-state index contributed by atoms with van der Waals surface area (Å²) in [6.07, 6.45) is 5.32. The van der Waals surface area contributed by atoms with E-state index in [-0.39, 0.29) is 0 Å². The molecular weight excluding hydrogens is 296 g/mol. The van der Waals surface area contributed by atoms with E-state index in [1.807, 2.05) is 26.8 Å². The standard InChI is InChI=1S/C19H24N2O.C2H6/c1-12-8-19(22-3)17-11-13(4-7-18(17)20-12)14-9-15-5-6-16(10-14)21(15)2;1-2/h4,7-8,11,14-16H,5-6,9-10H2,1-3H3;1-2H3/t14?,15-,16+;. The van der Waals surface area contributed by atoms with Crippen molar-refractivity contribution in [1.29, 1.82) is 0 Å². The topological polar surface area (TPSA) is 25.4 Å². The molecule has 3 atom stereocenters. The Labute approximate surface area is 146 Å². The van der Waals surface area contributed by atoms with Gasteiger partial charge in [0.15, 0.2) is 0 Å². The summed E-state index contributed by atoms with van der Waals surface area (Å²) in [5.74, 6) is 1.63. The van der Waals surface area contributed by atoms with Crippen LogP contribution in [0.4, 0.5) is 0 Å². The summed E-state index contributed by atoms with van der Waals surface area (Å²) >= 11 is 0. The summed E-state index contributed by atoms with van der Waals surface area (Å²) in [5, 5.41) is 1.15. The van der Waals surface area contributed by atoms with E-state index in [4.69, 9.17) is 4.74 Å². The minimum atomic E-state index is 0.684. The fraction of sp³-hybridized carbons (Fsp3) is 0.571. The van der Waals surface area contributed by atoms with Gasteiger partial charge in [-0.05, 0) is 63.3 Å². The zero-order chi connectivity index (χ0) is 17.3. The van der Waals surface area contributed by atoms with Crippen molar-refractivity contribution in [2.75, 3.05) is 14.2 Å². The molecule has 0 N–H and O–H groups in total. The third-order valence-corrected chi connectivity index (χ3v) is 5.71. The third-order valence-electron chi connectivity index (χ3n) is 5.71. The molecule has 2 aliphatic heterocycles. The Kier molecular flexibility index (Phi) is 5.09. The van der Waals surface area contributed by atoms with Crippen LogP contribution in [0.3, 0.4) is 0 Å². The van der Waals surface area contributed by atoms with E-state index >= 15 is 0 Å². The van der Waals surface area contributed by atoms with Crippen LogP contribution in [0.2, 0.25) is 0 Å². The molecule has 2 aliphatic rings. The van der Waals surface area contributed by atoms with Gasteiger partial charge in [0, 0.05) is 29.2 Å². The second-order valence-electron chi connectivity index (χ2n) is 6.96. The van der Waals surface area contributed by atoms with Crippen LogP contribution in [0.5, 0.6) is 5.75 Å². The van der Waals surface area contributed by atoms with Crippen molar-refractivity contribution < 1.29 is 4.74 Å². The van der Waals surface area contributed by atoms with Crippen LogP contribution in [-0.2, 0) is 0 Å². The first kappa shape index (κ1) is 17.2. The molecule has 24 heavy (non-hydrogen) atoms. The summed E-state index contributed by atoms with van der Waals surface area (Å²) in [6.45, 7) is 6.02. The predicted molar refractivity (Wildman–Crippen MR) is 101 cm³/mol. The maximum Gasteiger partial charge on any atom is 0.130 e. The summed E-state index contributed by atoms with van der Waals surface area (Å²) in [4.78, 5) is 7.24. The molecule has 1 aromatic heterocycles. The molecule has 0 radical (unpaired) electrons. The molecule has 2 aromatic rings.